The molecule has 0 heterocycles. The first-order valence-corrected chi connectivity index (χ1v) is 17.2. The van der Waals surface area contributed by atoms with Crippen LogP contribution in [0.3, 0.4) is 0 Å². The highest BCUT2D eigenvalue weighted by atomic mass is 32.2. The van der Waals surface area contributed by atoms with Gasteiger partial charge in [0.2, 0.25) is 0 Å². The SMILES string of the molecule is CN(O)C(=O)[C@@]1(C)CC[C@]2(C)CC[C@]3(C)C(=CC(=O)[C@@H]4[C@@]5(C)CC[C@H](NS(=O)(=O)C(F)(F)F)C(C)(C)C5CC[C@]43C)[C@@H]2C1. The topological polar surface area (TPSA) is 104 Å². The van der Waals surface area contributed by atoms with Gasteiger partial charge in [-0.05, 0) is 103 Å². The van der Waals surface area contributed by atoms with Crippen molar-refractivity contribution in [2.45, 2.75) is 118 Å². The lowest BCUT2D eigenvalue weighted by molar-refractivity contribution is -0.190. The quantitative estimate of drug-likeness (QED) is 0.269. The number of amides is 1. The normalized spacial score (nSPS) is 46.0. The molecule has 4 fully saturated rings. The first kappa shape index (κ1) is 32.9. The average Bonchev–Trinajstić information content (AvgIpc) is 2.86. The van der Waals surface area contributed by atoms with E-state index in [0.717, 1.165) is 24.8 Å². The van der Waals surface area contributed by atoms with E-state index in [1.54, 1.807) is 0 Å². The number of hydroxylamine groups is 2. The number of nitrogens with zero attached hydrogens (tertiary/aromatic N) is 1. The second-order valence-electron chi connectivity index (χ2n) is 16.6. The predicted molar refractivity (Wildman–Crippen MR) is 156 cm³/mol. The van der Waals surface area contributed by atoms with Gasteiger partial charge < -0.3 is 0 Å². The molecular formula is C32H49F3N2O5S. The van der Waals surface area contributed by atoms with Crippen LogP contribution in [0.5, 0.6) is 0 Å². The highest BCUT2D eigenvalue weighted by molar-refractivity contribution is 7.90. The number of halogens is 3. The summed E-state index contributed by atoms with van der Waals surface area (Å²) in [5.74, 6) is -0.738. The van der Waals surface area contributed by atoms with E-state index in [9.17, 15) is 36.4 Å². The highest BCUT2D eigenvalue weighted by Crippen LogP contribution is 2.75. The Morgan fingerprint density at radius 2 is 1.58 bits per heavy atom. The Bertz CT molecular complexity index is 1360. The minimum absolute atomic E-state index is 0.0186. The van der Waals surface area contributed by atoms with E-state index < -0.39 is 43.2 Å². The first-order chi connectivity index (χ1) is 19.4. The van der Waals surface area contributed by atoms with Crippen LogP contribution in [0.4, 0.5) is 13.2 Å². The van der Waals surface area contributed by atoms with Crippen molar-refractivity contribution >= 4 is 21.7 Å². The Morgan fingerprint density at radius 3 is 2.16 bits per heavy atom. The Labute approximate surface area is 254 Å². The minimum Gasteiger partial charge on any atom is -0.295 e. The fraction of sp³-hybridized carbons (Fsp3) is 0.875. The maximum atomic E-state index is 14.5. The molecule has 1 unspecified atom stereocenters. The molecule has 0 bridgehead atoms. The molecular weight excluding hydrogens is 581 g/mol. The zero-order valence-electron chi connectivity index (χ0n) is 26.8. The van der Waals surface area contributed by atoms with Crippen LogP contribution in [-0.4, -0.2) is 49.0 Å². The molecule has 244 valence electrons. The summed E-state index contributed by atoms with van der Waals surface area (Å²) in [6.07, 6.45) is 7.88. The van der Waals surface area contributed by atoms with Crippen molar-refractivity contribution in [3.05, 3.63) is 11.6 Å². The van der Waals surface area contributed by atoms with Gasteiger partial charge in [-0.25, -0.2) is 18.2 Å². The third-order valence-corrected chi connectivity index (χ3v) is 15.2. The number of rotatable bonds is 3. The number of sulfonamides is 1. The zero-order chi connectivity index (χ0) is 32.4. The number of hydrogen-bond donors (Lipinski definition) is 2. The molecule has 11 heteroatoms. The second-order valence-corrected chi connectivity index (χ2v) is 18.3. The average molecular weight is 631 g/mol. The molecule has 0 aromatic heterocycles. The Kier molecular flexibility index (Phi) is 7.30. The third-order valence-electron chi connectivity index (χ3n) is 14.0. The van der Waals surface area contributed by atoms with Crippen molar-refractivity contribution in [3.63, 3.8) is 0 Å². The Balaban J connectivity index is 1.53. The molecule has 0 spiro atoms. The molecule has 0 saturated heterocycles. The lowest BCUT2D eigenvalue weighted by Gasteiger charge is -2.70. The molecule has 9 atom stereocenters. The summed E-state index contributed by atoms with van der Waals surface area (Å²) in [6, 6.07) is -0.889. The van der Waals surface area contributed by atoms with Crippen LogP contribution in [-0.2, 0) is 19.6 Å². The minimum atomic E-state index is -5.51. The number of fused-ring (bicyclic) bond motifs is 7. The summed E-state index contributed by atoms with van der Waals surface area (Å²) in [6.45, 7) is 14.5. The standard InChI is InChI=1S/C32H49F3N2O5S/c1-26(2)22-9-12-31(7)24(29(22,5)11-10-23(26)36-43(41,42)32(33,34)35)21(38)17-19-20-18-28(4,25(39)37(8)40)14-13-27(20,3)15-16-30(19,31)6/h17,20,22-24,36,40H,9-16,18H2,1-8H3/t20-,22?,23-,24+,27+,28-,29-,30+,31+/m0/s1. The molecule has 4 saturated carbocycles. The van der Waals surface area contributed by atoms with Crippen LogP contribution in [0.15, 0.2) is 11.6 Å². The number of allylic oxidation sites excluding steroid dienone is 2. The summed E-state index contributed by atoms with van der Waals surface area (Å²) in [4.78, 5) is 27.6. The fourth-order valence-corrected chi connectivity index (χ4v) is 12.2. The van der Waals surface area contributed by atoms with Crippen molar-refractivity contribution in [2.24, 2.45) is 50.2 Å². The van der Waals surface area contributed by atoms with E-state index in [4.69, 9.17) is 0 Å². The molecule has 0 aromatic carbocycles. The largest absolute Gasteiger partial charge is 0.511 e. The lowest BCUT2D eigenvalue weighted by atomic mass is 9.33. The second kappa shape index (κ2) is 9.53. The van der Waals surface area contributed by atoms with E-state index >= 15 is 0 Å². The van der Waals surface area contributed by atoms with Gasteiger partial charge in [0.1, 0.15) is 0 Å². The maximum Gasteiger partial charge on any atom is 0.511 e. The van der Waals surface area contributed by atoms with Crippen LogP contribution in [0, 0.1) is 50.2 Å². The van der Waals surface area contributed by atoms with Gasteiger partial charge >= 0.3 is 15.5 Å². The van der Waals surface area contributed by atoms with Crippen LogP contribution in [0.2, 0.25) is 0 Å². The van der Waals surface area contributed by atoms with Gasteiger partial charge in [0, 0.05) is 24.4 Å². The van der Waals surface area contributed by atoms with Gasteiger partial charge in [-0.15, -0.1) is 0 Å². The number of carbonyl (C=O) groups is 2. The van der Waals surface area contributed by atoms with Crippen LogP contribution >= 0.6 is 0 Å². The Hall–Kier alpha value is -1.46. The van der Waals surface area contributed by atoms with Gasteiger partial charge in [-0.1, -0.05) is 54.0 Å². The molecule has 7 nitrogen and oxygen atoms in total. The molecule has 5 rings (SSSR count). The van der Waals surface area contributed by atoms with Gasteiger partial charge in [-0.3, -0.25) is 14.8 Å². The summed E-state index contributed by atoms with van der Waals surface area (Å²) in [5.41, 5.74) is -7.08. The number of ketones is 1. The van der Waals surface area contributed by atoms with Crippen molar-refractivity contribution in [1.82, 2.24) is 9.79 Å². The summed E-state index contributed by atoms with van der Waals surface area (Å²) >= 11 is 0. The van der Waals surface area contributed by atoms with Crippen LogP contribution in [0.1, 0.15) is 106 Å². The van der Waals surface area contributed by atoms with Crippen LogP contribution in [0.25, 0.3) is 0 Å². The number of nitrogens with one attached hydrogen (secondary N) is 1. The Morgan fingerprint density at radius 1 is 0.977 bits per heavy atom. The molecule has 1 amide bonds. The number of alkyl halides is 3. The van der Waals surface area contributed by atoms with Crippen molar-refractivity contribution in [1.29, 1.82) is 0 Å². The van der Waals surface area contributed by atoms with Crippen LogP contribution < -0.4 is 4.72 Å². The van der Waals surface area contributed by atoms with Gasteiger partial charge in [0.15, 0.2) is 5.78 Å². The molecule has 2 N–H and O–H groups in total. The van der Waals surface area contributed by atoms with Crippen molar-refractivity contribution < 1.29 is 36.4 Å². The summed E-state index contributed by atoms with van der Waals surface area (Å²) in [5, 5.41) is 10.7. The van der Waals surface area contributed by atoms with E-state index in [1.165, 1.54) is 7.05 Å². The highest BCUT2D eigenvalue weighted by Gasteiger charge is 2.70. The fourth-order valence-electron chi connectivity index (χ4n) is 11.2. The number of hydrogen-bond acceptors (Lipinski definition) is 5. The van der Waals surface area contributed by atoms with E-state index in [1.807, 2.05) is 31.6 Å². The monoisotopic (exact) mass is 630 g/mol. The predicted octanol–water partition coefficient (Wildman–Crippen LogP) is 6.62. The van der Waals surface area contributed by atoms with E-state index in [2.05, 4.69) is 27.7 Å². The van der Waals surface area contributed by atoms with E-state index in [-0.39, 0.29) is 46.7 Å². The van der Waals surface area contributed by atoms with Crippen molar-refractivity contribution in [2.75, 3.05) is 7.05 Å². The smallest absolute Gasteiger partial charge is 0.295 e. The zero-order valence-corrected chi connectivity index (χ0v) is 27.6. The van der Waals surface area contributed by atoms with E-state index in [0.29, 0.717) is 37.2 Å². The number of carbonyl (C=O) groups excluding carboxylic acids is 2. The molecule has 0 radical (unpaired) electrons. The molecule has 5 aliphatic carbocycles. The molecule has 43 heavy (non-hydrogen) atoms. The van der Waals surface area contributed by atoms with Gasteiger partial charge in [0.25, 0.3) is 5.91 Å². The first-order valence-electron chi connectivity index (χ1n) is 15.7. The van der Waals surface area contributed by atoms with Crippen molar-refractivity contribution in [3.8, 4) is 0 Å². The lowest BCUT2D eigenvalue weighted by Crippen LogP contribution is -2.68. The molecule has 0 aliphatic heterocycles. The van der Waals surface area contributed by atoms with Gasteiger partial charge in [0.05, 0.1) is 0 Å². The summed E-state index contributed by atoms with van der Waals surface area (Å²) < 4.78 is 66.1. The summed E-state index contributed by atoms with van der Waals surface area (Å²) in [7, 11) is -4.14. The molecule has 0 aromatic rings. The molecule has 5 aliphatic rings. The maximum absolute atomic E-state index is 14.5. The van der Waals surface area contributed by atoms with Gasteiger partial charge in [-0.2, -0.15) is 13.2 Å². The third kappa shape index (κ3) is 4.43.